The maximum Gasteiger partial charge on any atom is 0.203 e. The SMILES string of the molecule is CC.COc1cc(C=NCc2nc3ccccc3[nH]2)cc(OC)c1OC. The van der Waals surface area contributed by atoms with Crippen LogP contribution in [0.4, 0.5) is 0 Å². The van der Waals surface area contributed by atoms with E-state index in [0.29, 0.717) is 23.8 Å². The smallest absolute Gasteiger partial charge is 0.203 e. The van der Waals surface area contributed by atoms with Gasteiger partial charge in [-0.3, -0.25) is 4.99 Å². The molecule has 0 atom stereocenters. The highest BCUT2D eigenvalue weighted by molar-refractivity contribution is 5.82. The summed E-state index contributed by atoms with van der Waals surface area (Å²) in [5.41, 5.74) is 2.81. The van der Waals surface area contributed by atoms with E-state index in [1.165, 1.54) is 0 Å². The molecule has 0 amide bonds. The Bertz CT molecular complexity index is 814. The van der Waals surface area contributed by atoms with Gasteiger partial charge in [-0.25, -0.2) is 4.98 Å². The van der Waals surface area contributed by atoms with Crippen molar-refractivity contribution in [3.63, 3.8) is 0 Å². The van der Waals surface area contributed by atoms with Gasteiger partial charge in [-0.1, -0.05) is 26.0 Å². The number of nitrogens with one attached hydrogen (secondary N) is 1. The summed E-state index contributed by atoms with van der Waals surface area (Å²) in [7, 11) is 4.76. The van der Waals surface area contributed by atoms with E-state index >= 15 is 0 Å². The Morgan fingerprint density at radius 1 is 1.00 bits per heavy atom. The Hall–Kier alpha value is -3.02. The molecule has 6 heteroatoms. The fraction of sp³-hybridized carbons (Fsp3) is 0.300. The number of H-pyrrole nitrogens is 1. The van der Waals surface area contributed by atoms with Crippen LogP contribution in [-0.2, 0) is 6.54 Å². The highest BCUT2D eigenvalue weighted by atomic mass is 16.5. The number of hydrogen-bond donors (Lipinski definition) is 1. The summed E-state index contributed by atoms with van der Waals surface area (Å²) in [5, 5.41) is 0. The van der Waals surface area contributed by atoms with Crippen molar-refractivity contribution in [3.05, 3.63) is 47.8 Å². The van der Waals surface area contributed by atoms with E-state index in [4.69, 9.17) is 14.2 Å². The quantitative estimate of drug-likeness (QED) is 0.672. The lowest BCUT2D eigenvalue weighted by molar-refractivity contribution is 0.324. The number of fused-ring (bicyclic) bond motifs is 1. The molecule has 0 fully saturated rings. The molecule has 3 aromatic rings. The number of hydrogen-bond acceptors (Lipinski definition) is 5. The van der Waals surface area contributed by atoms with E-state index in [2.05, 4.69) is 15.0 Å². The average molecular weight is 355 g/mol. The Labute approximate surface area is 153 Å². The van der Waals surface area contributed by atoms with Crippen molar-refractivity contribution in [2.24, 2.45) is 4.99 Å². The molecule has 0 aliphatic heterocycles. The summed E-state index contributed by atoms with van der Waals surface area (Å²) in [6.07, 6.45) is 1.76. The molecule has 2 aromatic carbocycles. The predicted octanol–water partition coefficient (Wildman–Crippen LogP) is 4.23. The molecule has 0 aliphatic carbocycles. The van der Waals surface area contributed by atoms with Crippen LogP contribution in [0.3, 0.4) is 0 Å². The minimum Gasteiger partial charge on any atom is -0.493 e. The molecule has 0 aliphatic rings. The fourth-order valence-electron chi connectivity index (χ4n) is 2.49. The highest BCUT2D eigenvalue weighted by Gasteiger charge is 2.12. The van der Waals surface area contributed by atoms with Crippen molar-refractivity contribution in [1.29, 1.82) is 0 Å². The molecule has 1 aromatic heterocycles. The van der Waals surface area contributed by atoms with E-state index in [0.717, 1.165) is 22.4 Å². The lowest BCUT2D eigenvalue weighted by Crippen LogP contribution is -1.97. The molecule has 0 bridgehead atoms. The number of imidazole rings is 1. The molecule has 0 saturated heterocycles. The van der Waals surface area contributed by atoms with Gasteiger partial charge in [-0.15, -0.1) is 0 Å². The number of aromatic amines is 1. The molecule has 1 N–H and O–H groups in total. The maximum absolute atomic E-state index is 5.34. The van der Waals surface area contributed by atoms with Crippen LogP contribution in [0.1, 0.15) is 25.2 Å². The van der Waals surface area contributed by atoms with Crippen molar-refractivity contribution in [2.75, 3.05) is 21.3 Å². The summed E-state index contributed by atoms with van der Waals surface area (Å²) in [6.45, 7) is 4.46. The first-order chi connectivity index (χ1) is 12.7. The Kier molecular flexibility index (Phi) is 7.02. The van der Waals surface area contributed by atoms with Crippen molar-refractivity contribution in [3.8, 4) is 17.2 Å². The first-order valence-corrected chi connectivity index (χ1v) is 8.48. The van der Waals surface area contributed by atoms with Crippen LogP contribution >= 0.6 is 0 Å². The molecule has 0 spiro atoms. The number of benzene rings is 2. The lowest BCUT2D eigenvalue weighted by atomic mass is 10.2. The maximum atomic E-state index is 5.34. The molecular weight excluding hydrogens is 330 g/mol. The zero-order valence-corrected chi connectivity index (χ0v) is 15.9. The van der Waals surface area contributed by atoms with Gasteiger partial charge in [0.2, 0.25) is 5.75 Å². The van der Waals surface area contributed by atoms with Crippen molar-refractivity contribution >= 4 is 17.2 Å². The Morgan fingerprint density at radius 3 is 2.23 bits per heavy atom. The largest absolute Gasteiger partial charge is 0.493 e. The number of ether oxygens (including phenoxy) is 3. The number of aliphatic imine (C=N–C) groups is 1. The lowest BCUT2D eigenvalue weighted by Gasteiger charge is -2.12. The molecule has 0 radical (unpaired) electrons. The van der Waals surface area contributed by atoms with E-state index in [-0.39, 0.29) is 0 Å². The summed E-state index contributed by atoms with van der Waals surface area (Å²) in [6, 6.07) is 11.6. The number of rotatable bonds is 6. The van der Waals surface area contributed by atoms with Crippen LogP contribution in [0.15, 0.2) is 41.4 Å². The monoisotopic (exact) mass is 355 g/mol. The van der Waals surface area contributed by atoms with E-state index in [1.807, 2.05) is 50.2 Å². The first kappa shape index (κ1) is 19.3. The minimum atomic E-state index is 0.464. The van der Waals surface area contributed by atoms with Crippen molar-refractivity contribution in [1.82, 2.24) is 9.97 Å². The Morgan fingerprint density at radius 2 is 1.65 bits per heavy atom. The summed E-state index contributed by atoms with van der Waals surface area (Å²) >= 11 is 0. The van der Waals surface area contributed by atoms with Crippen LogP contribution in [0.5, 0.6) is 17.2 Å². The second kappa shape index (κ2) is 9.46. The third-order valence-electron chi connectivity index (χ3n) is 3.61. The molecule has 6 nitrogen and oxygen atoms in total. The topological polar surface area (TPSA) is 68.7 Å². The predicted molar refractivity (Wildman–Crippen MR) is 105 cm³/mol. The van der Waals surface area contributed by atoms with E-state index in [9.17, 15) is 0 Å². The molecule has 26 heavy (non-hydrogen) atoms. The van der Waals surface area contributed by atoms with Gasteiger partial charge in [-0.05, 0) is 29.8 Å². The standard InChI is InChI=1S/C18H19N3O3.C2H6/c1-22-15-8-12(9-16(23-2)18(15)24-3)10-19-11-17-20-13-6-4-5-7-14(13)21-17;1-2/h4-10H,11H2,1-3H3,(H,20,21);1-2H3. The second-order valence-corrected chi connectivity index (χ2v) is 5.13. The van der Waals surface area contributed by atoms with E-state index in [1.54, 1.807) is 27.5 Å². The normalized spacial score (nSPS) is 10.5. The van der Waals surface area contributed by atoms with Crippen molar-refractivity contribution < 1.29 is 14.2 Å². The second-order valence-electron chi connectivity index (χ2n) is 5.13. The zero-order valence-electron chi connectivity index (χ0n) is 15.9. The van der Waals surface area contributed by atoms with E-state index < -0.39 is 0 Å². The number of nitrogens with zero attached hydrogens (tertiary/aromatic N) is 2. The highest BCUT2D eigenvalue weighted by Crippen LogP contribution is 2.37. The molecule has 1 heterocycles. The minimum absolute atomic E-state index is 0.464. The van der Waals surface area contributed by atoms with Crippen molar-refractivity contribution in [2.45, 2.75) is 20.4 Å². The van der Waals surface area contributed by atoms with Gasteiger partial charge < -0.3 is 19.2 Å². The number of methoxy groups -OCH3 is 3. The zero-order chi connectivity index (χ0) is 18.9. The van der Waals surface area contributed by atoms with Gasteiger partial charge in [0.1, 0.15) is 5.82 Å². The molecule has 138 valence electrons. The first-order valence-electron chi connectivity index (χ1n) is 8.48. The molecule has 0 saturated carbocycles. The molecule has 0 unspecified atom stereocenters. The third-order valence-corrected chi connectivity index (χ3v) is 3.61. The number of para-hydroxylation sites is 2. The van der Waals surface area contributed by atoms with Crippen LogP contribution in [0, 0.1) is 0 Å². The third kappa shape index (κ3) is 4.33. The van der Waals surface area contributed by atoms with Gasteiger partial charge in [-0.2, -0.15) is 0 Å². The van der Waals surface area contributed by atoms with Gasteiger partial charge >= 0.3 is 0 Å². The summed E-state index contributed by atoms with van der Waals surface area (Å²) < 4.78 is 16.0. The van der Waals surface area contributed by atoms with Crippen LogP contribution in [0.25, 0.3) is 11.0 Å². The molecule has 3 rings (SSSR count). The summed E-state index contributed by atoms with van der Waals surface area (Å²) in [4.78, 5) is 12.2. The van der Waals surface area contributed by atoms with Crippen LogP contribution in [0.2, 0.25) is 0 Å². The van der Waals surface area contributed by atoms with Crippen LogP contribution in [-0.4, -0.2) is 37.5 Å². The average Bonchev–Trinajstić information content (AvgIpc) is 3.11. The molecular formula is C20H25N3O3. The fourth-order valence-corrected chi connectivity index (χ4v) is 2.49. The number of aromatic nitrogens is 2. The van der Waals surface area contributed by atoms with Gasteiger partial charge in [0, 0.05) is 6.21 Å². The Balaban J connectivity index is 0.00000117. The van der Waals surface area contributed by atoms with Gasteiger partial charge in [0.15, 0.2) is 11.5 Å². The van der Waals surface area contributed by atoms with Crippen LogP contribution < -0.4 is 14.2 Å². The van der Waals surface area contributed by atoms with Gasteiger partial charge in [0.25, 0.3) is 0 Å². The van der Waals surface area contributed by atoms with Gasteiger partial charge in [0.05, 0.1) is 38.9 Å². The summed E-state index contributed by atoms with van der Waals surface area (Å²) in [5.74, 6) is 2.58.